The van der Waals surface area contributed by atoms with Crippen LogP contribution >= 0.6 is 11.6 Å². The van der Waals surface area contributed by atoms with E-state index in [0.29, 0.717) is 6.42 Å². The van der Waals surface area contributed by atoms with Gasteiger partial charge in [-0.3, -0.25) is 10.1 Å². The van der Waals surface area contributed by atoms with Gasteiger partial charge in [0.1, 0.15) is 17.6 Å². The summed E-state index contributed by atoms with van der Waals surface area (Å²) in [7, 11) is 1.57. The molecule has 0 spiro atoms. The van der Waals surface area contributed by atoms with Crippen molar-refractivity contribution < 1.29 is 9.66 Å². The monoisotopic (exact) mass is 279 g/mol. The van der Waals surface area contributed by atoms with Gasteiger partial charge in [-0.25, -0.2) is 9.97 Å². The molecule has 1 aromatic carbocycles. The number of hydrogen-bond acceptors (Lipinski definition) is 5. The molecular formula is C12H10ClN3O3. The number of ether oxygens (including phenoxy) is 1. The van der Waals surface area contributed by atoms with Crippen molar-refractivity contribution in [2.24, 2.45) is 0 Å². The molecule has 0 bridgehead atoms. The van der Waals surface area contributed by atoms with Crippen molar-refractivity contribution >= 4 is 17.3 Å². The number of benzene rings is 1. The molecule has 0 aliphatic heterocycles. The second kappa shape index (κ2) is 5.62. The lowest BCUT2D eigenvalue weighted by Crippen LogP contribution is -2.01. The quantitative estimate of drug-likeness (QED) is 0.488. The van der Waals surface area contributed by atoms with Crippen LogP contribution in [0.5, 0.6) is 5.75 Å². The molecule has 2 aromatic rings. The fourth-order valence-corrected chi connectivity index (χ4v) is 1.76. The summed E-state index contributed by atoms with van der Waals surface area (Å²) in [5, 5.41) is 10.9. The maximum absolute atomic E-state index is 10.9. The van der Waals surface area contributed by atoms with Crippen molar-refractivity contribution in [3.05, 3.63) is 57.1 Å². The van der Waals surface area contributed by atoms with Crippen LogP contribution in [0.25, 0.3) is 0 Å². The minimum atomic E-state index is -0.519. The van der Waals surface area contributed by atoms with Gasteiger partial charge >= 0.3 is 5.69 Å². The van der Waals surface area contributed by atoms with Gasteiger partial charge in [0.2, 0.25) is 5.28 Å². The van der Waals surface area contributed by atoms with Crippen LogP contribution in [0, 0.1) is 10.1 Å². The molecule has 0 saturated carbocycles. The highest BCUT2D eigenvalue weighted by molar-refractivity contribution is 6.28. The molecule has 0 fully saturated rings. The first-order chi connectivity index (χ1) is 9.10. The van der Waals surface area contributed by atoms with E-state index in [2.05, 4.69) is 9.97 Å². The van der Waals surface area contributed by atoms with Crippen LogP contribution in [0.15, 0.2) is 30.5 Å². The number of nitrogens with zero attached hydrogens (tertiary/aromatic N) is 3. The second-order valence-corrected chi connectivity index (χ2v) is 4.09. The summed E-state index contributed by atoms with van der Waals surface area (Å²) in [6.45, 7) is 0. The Morgan fingerprint density at radius 1 is 1.37 bits per heavy atom. The molecule has 0 atom stereocenters. The van der Waals surface area contributed by atoms with E-state index in [1.54, 1.807) is 19.2 Å². The average molecular weight is 280 g/mol. The number of halogens is 1. The molecule has 0 unspecified atom stereocenters. The van der Waals surface area contributed by atoms with E-state index in [1.165, 1.54) is 0 Å². The first kappa shape index (κ1) is 13.2. The minimum Gasteiger partial charge on any atom is -0.497 e. The van der Waals surface area contributed by atoms with Crippen molar-refractivity contribution in [1.29, 1.82) is 0 Å². The molecular weight excluding hydrogens is 270 g/mol. The standard InChI is InChI=1S/C12H10ClN3O3/c1-19-9-4-2-8(3-5-9)6-10-11(16(17)18)7-14-12(13)15-10/h2-5,7H,6H2,1H3. The van der Waals surface area contributed by atoms with Crippen molar-refractivity contribution in [2.45, 2.75) is 6.42 Å². The normalized spacial score (nSPS) is 10.2. The number of hydrogen-bond donors (Lipinski definition) is 0. The smallest absolute Gasteiger partial charge is 0.309 e. The summed E-state index contributed by atoms with van der Waals surface area (Å²) in [6.07, 6.45) is 1.43. The third-order valence-corrected chi connectivity index (χ3v) is 2.73. The van der Waals surface area contributed by atoms with Gasteiger partial charge in [-0.05, 0) is 29.3 Å². The lowest BCUT2D eigenvalue weighted by atomic mass is 10.1. The van der Waals surface area contributed by atoms with E-state index in [1.807, 2.05) is 12.1 Å². The highest BCUT2D eigenvalue weighted by atomic mass is 35.5. The highest BCUT2D eigenvalue weighted by Gasteiger charge is 2.17. The lowest BCUT2D eigenvalue weighted by molar-refractivity contribution is -0.386. The second-order valence-electron chi connectivity index (χ2n) is 3.75. The summed E-state index contributed by atoms with van der Waals surface area (Å²) in [4.78, 5) is 17.9. The van der Waals surface area contributed by atoms with Crippen LogP contribution in [0.1, 0.15) is 11.3 Å². The van der Waals surface area contributed by atoms with E-state index in [4.69, 9.17) is 16.3 Å². The first-order valence-corrected chi connectivity index (χ1v) is 5.76. The summed E-state index contributed by atoms with van der Waals surface area (Å²) in [5.74, 6) is 0.721. The zero-order chi connectivity index (χ0) is 13.8. The predicted octanol–water partition coefficient (Wildman–Crippen LogP) is 2.64. The van der Waals surface area contributed by atoms with E-state index < -0.39 is 4.92 Å². The zero-order valence-electron chi connectivity index (χ0n) is 10.0. The summed E-state index contributed by atoms with van der Waals surface area (Å²) >= 11 is 5.67. The highest BCUT2D eigenvalue weighted by Crippen LogP contribution is 2.21. The van der Waals surface area contributed by atoms with E-state index >= 15 is 0 Å². The van der Waals surface area contributed by atoms with Crippen molar-refractivity contribution in [2.75, 3.05) is 7.11 Å². The van der Waals surface area contributed by atoms with Gasteiger partial charge in [0.15, 0.2) is 0 Å². The Bertz CT molecular complexity index is 602. The van der Waals surface area contributed by atoms with Crippen LogP contribution in [-0.4, -0.2) is 22.0 Å². The Kier molecular flexibility index (Phi) is 3.91. The number of methoxy groups -OCH3 is 1. The largest absolute Gasteiger partial charge is 0.497 e. The molecule has 0 radical (unpaired) electrons. The van der Waals surface area contributed by atoms with Crippen molar-refractivity contribution in [3.63, 3.8) is 0 Å². The van der Waals surface area contributed by atoms with Crippen molar-refractivity contribution in [3.8, 4) is 5.75 Å². The Labute approximate surface area is 114 Å². The molecule has 7 heteroatoms. The molecule has 0 N–H and O–H groups in total. The van der Waals surface area contributed by atoms with Crippen LogP contribution in [0.2, 0.25) is 5.28 Å². The first-order valence-electron chi connectivity index (χ1n) is 5.39. The maximum Gasteiger partial charge on any atom is 0.309 e. The van der Waals surface area contributed by atoms with Gasteiger partial charge in [0.05, 0.1) is 12.0 Å². The van der Waals surface area contributed by atoms with E-state index in [9.17, 15) is 10.1 Å². The molecule has 1 aromatic heterocycles. The molecule has 0 aliphatic rings. The Hall–Kier alpha value is -2.21. The molecule has 0 aliphatic carbocycles. The molecule has 98 valence electrons. The fraction of sp³-hybridized carbons (Fsp3) is 0.167. The van der Waals surface area contributed by atoms with E-state index in [0.717, 1.165) is 17.5 Å². The molecule has 1 heterocycles. The van der Waals surface area contributed by atoms with Crippen molar-refractivity contribution in [1.82, 2.24) is 9.97 Å². The lowest BCUT2D eigenvalue weighted by Gasteiger charge is -2.04. The third kappa shape index (κ3) is 3.17. The SMILES string of the molecule is COc1ccc(Cc2nc(Cl)ncc2[N+](=O)[O-])cc1. The van der Waals surface area contributed by atoms with Crippen LogP contribution in [-0.2, 0) is 6.42 Å². The number of aromatic nitrogens is 2. The predicted molar refractivity (Wildman–Crippen MR) is 69.5 cm³/mol. The molecule has 0 amide bonds. The van der Waals surface area contributed by atoms with Gasteiger partial charge in [0, 0.05) is 6.42 Å². The Balaban J connectivity index is 2.31. The maximum atomic E-state index is 10.9. The Morgan fingerprint density at radius 2 is 2.05 bits per heavy atom. The third-order valence-electron chi connectivity index (χ3n) is 2.54. The van der Waals surface area contributed by atoms with Gasteiger partial charge in [-0.15, -0.1) is 0 Å². The van der Waals surface area contributed by atoms with Gasteiger partial charge in [0.25, 0.3) is 0 Å². The topological polar surface area (TPSA) is 78.2 Å². The van der Waals surface area contributed by atoms with Gasteiger partial charge in [-0.1, -0.05) is 12.1 Å². The van der Waals surface area contributed by atoms with Crippen LogP contribution < -0.4 is 4.74 Å². The van der Waals surface area contributed by atoms with E-state index in [-0.39, 0.29) is 16.7 Å². The molecule has 2 rings (SSSR count). The molecule has 6 nitrogen and oxygen atoms in total. The average Bonchev–Trinajstić information content (AvgIpc) is 2.39. The summed E-state index contributed by atoms with van der Waals surface area (Å²) in [5.41, 5.74) is 1.02. The van der Waals surface area contributed by atoms with Crippen LogP contribution in [0.4, 0.5) is 5.69 Å². The zero-order valence-corrected chi connectivity index (χ0v) is 10.8. The number of nitro groups is 1. The minimum absolute atomic E-state index is 0.00545. The molecule has 19 heavy (non-hydrogen) atoms. The number of rotatable bonds is 4. The fourth-order valence-electron chi connectivity index (χ4n) is 1.61. The van der Waals surface area contributed by atoms with Crippen LogP contribution in [0.3, 0.4) is 0 Å². The Morgan fingerprint density at radius 3 is 2.63 bits per heavy atom. The molecule has 0 saturated heterocycles. The summed E-state index contributed by atoms with van der Waals surface area (Å²) in [6, 6.07) is 7.20. The summed E-state index contributed by atoms with van der Waals surface area (Å²) < 4.78 is 5.05. The van der Waals surface area contributed by atoms with Gasteiger partial charge < -0.3 is 4.74 Å². The van der Waals surface area contributed by atoms with Gasteiger partial charge in [-0.2, -0.15) is 0 Å².